The standard InChI is InChI=1S/C16H24N6O3S/c1-9(2)7-13-17-16(20-19-13)18-15(23)14-10(3)21-22(11(14)4)12-5-6-26(24,25)8-12/h9,12H,5-8H2,1-4H3,(H2,17,18,19,20,23)/t12-/m1/s1. The number of anilines is 1. The minimum atomic E-state index is -3.03. The lowest BCUT2D eigenvalue weighted by Gasteiger charge is -2.11. The summed E-state index contributed by atoms with van der Waals surface area (Å²) in [6.45, 7) is 7.67. The van der Waals surface area contributed by atoms with Crippen molar-refractivity contribution in [2.75, 3.05) is 16.8 Å². The van der Waals surface area contributed by atoms with Crippen LogP contribution in [0.3, 0.4) is 0 Å². The highest BCUT2D eigenvalue weighted by atomic mass is 32.2. The topological polar surface area (TPSA) is 123 Å². The molecule has 0 aromatic carbocycles. The van der Waals surface area contributed by atoms with Gasteiger partial charge in [-0.25, -0.2) is 8.42 Å². The largest absolute Gasteiger partial charge is 0.289 e. The molecule has 0 spiro atoms. The number of rotatable bonds is 5. The van der Waals surface area contributed by atoms with Gasteiger partial charge in [0.1, 0.15) is 5.82 Å². The van der Waals surface area contributed by atoms with Gasteiger partial charge in [0.05, 0.1) is 28.8 Å². The Hall–Kier alpha value is -2.23. The van der Waals surface area contributed by atoms with Crippen LogP contribution in [0, 0.1) is 19.8 Å². The SMILES string of the molecule is Cc1nn([C@@H]2CCS(=O)(=O)C2)c(C)c1C(=O)Nc1n[nH]c(CC(C)C)n1. The van der Waals surface area contributed by atoms with E-state index in [0.717, 1.165) is 12.2 Å². The summed E-state index contributed by atoms with van der Waals surface area (Å²) in [5, 5.41) is 13.9. The Labute approximate surface area is 152 Å². The minimum Gasteiger partial charge on any atom is -0.289 e. The quantitative estimate of drug-likeness (QED) is 0.809. The summed E-state index contributed by atoms with van der Waals surface area (Å²) >= 11 is 0. The maximum atomic E-state index is 12.7. The monoisotopic (exact) mass is 380 g/mol. The third-order valence-corrected chi connectivity index (χ3v) is 6.22. The highest BCUT2D eigenvalue weighted by Crippen LogP contribution is 2.27. The molecule has 0 radical (unpaired) electrons. The lowest BCUT2D eigenvalue weighted by molar-refractivity contribution is 0.102. The van der Waals surface area contributed by atoms with Crippen molar-refractivity contribution in [1.29, 1.82) is 0 Å². The van der Waals surface area contributed by atoms with E-state index < -0.39 is 9.84 Å². The van der Waals surface area contributed by atoms with Crippen LogP contribution in [-0.2, 0) is 16.3 Å². The molecule has 1 amide bonds. The molecule has 0 bridgehead atoms. The molecule has 3 heterocycles. The van der Waals surface area contributed by atoms with Gasteiger partial charge in [0, 0.05) is 12.1 Å². The summed E-state index contributed by atoms with van der Waals surface area (Å²) in [6, 6.07) is -0.221. The van der Waals surface area contributed by atoms with Gasteiger partial charge in [-0.3, -0.25) is 19.9 Å². The number of carbonyl (C=O) groups excluding carboxylic acids is 1. The first-order valence-electron chi connectivity index (χ1n) is 8.65. The van der Waals surface area contributed by atoms with Crippen LogP contribution in [0.15, 0.2) is 0 Å². The molecule has 9 nitrogen and oxygen atoms in total. The molecular weight excluding hydrogens is 356 g/mol. The third-order valence-electron chi connectivity index (χ3n) is 4.46. The van der Waals surface area contributed by atoms with Crippen molar-refractivity contribution in [2.45, 2.75) is 46.6 Å². The number of nitrogens with one attached hydrogen (secondary N) is 2. The molecule has 2 aromatic heterocycles. The summed E-state index contributed by atoms with van der Waals surface area (Å²) in [7, 11) is -3.03. The summed E-state index contributed by atoms with van der Waals surface area (Å²) in [6.07, 6.45) is 1.26. The maximum absolute atomic E-state index is 12.7. The van der Waals surface area contributed by atoms with Crippen molar-refractivity contribution in [1.82, 2.24) is 25.0 Å². The van der Waals surface area contributed by atoms with Gasteiger partial charge in [0.25, 0.3) is 5.91 Å². The number of nitrogens with zero attached hydrogens (tertiary/aromatic N) is 4. The van der Waals surface area contributed by atoms with Crippen LogP contribution in [0.2, 0.25) is 0 Å². The number of hydrogen-bond acceptors (Lipinski definition) is 6. The van der Waals surface area contributed by atoms with Gasteiger partial charge in [-0.15, -0.1) is 5.10 Å². The van der Waals surface area contributed by atoms with E-state index in [4.69, 9.17) is 0 Å². The fraction of sp³-hybridized carbons (Fsp3) is 0.625. The second-order valence-electron chi connectivity index (χ2n) is 7.21. The first kappa shape index (κ1) is 18.6. The Balaban J connectivity index is 1.79. The van der Waals surface area contributed by atoms with Crippen LogP contribution < -0.4 is 5.32 Å². The number of carbonyl (C=O) groups is 1. The normalized spacial score (nSPS) is 19.2. The predicted molar refractivity (Wildman–Crippen MR) is 96.9 cm³/mol. The van der Waals surface area contributed by atoms with Gasteiger partial charge < -0.3 is 0 Å². The molecule has 1 saturated heterocycles. The third kappa shape index (κ3) is 3.79. The summed E-state index contributed by atoms with van der Waals surface area (Å²) in [5.41, 5.74) is 1.65. The second-order valence-corrected chi connectivity index (χ2v) is 9.43. The Bertz CT molecular complexity index is 928. The number of aryl methyl sites for hydroxylation is 1. The van der Waals surface area contributed by atoms with Crippen molar-refractivity contribution in [3.63, 3.8) is 0 Å². The van der Waals surface area contributed by atoms with Crippen LogP contribution in [-0.4, -0.2) is 50.8 Å². The Morgan fingerprint density at radius 1 is 1.38 bits per heavy atom. The van der Waals surface area contributed by atoms with Crippen molar-refractivity contribution < 1.29 is 13.2 Å². The molecule has 1 aliphatic rings. The molecule has 1 aliphatic heterocycles. The molecule has 0 aliphatic carbocycles. The number of sulfone groups is 1. The average molecular weight is 380 g/mol. The number of H-pyrrole nitrogens is 1. The van der Waals surface area contributed by atoms with Gasteiger partial charge in [0.15, 0.2) is 9.84 Å². The molecule has 26 heavy (non-hydrogen) atoms. The molecule has 3 rings (SSSR count). The molecular formula is C16H24N6O3S. The van der Waals surface area contributed by atoms with E-state index in [-0.39, 0.29) is 29.4 Å². The molecule has 142 valence electrons. The van der Waals surface area contributed by atoms with E-state index in [9.17, 15) is 13.2 Å². The highest BCUT2D eigenvalue weighted by Gasteiger charge is 2.32. The zero-order chi connectivity index (χ0) is 19.1. The van der Waals surface area contributed by atoms with Crippen LogP contribution in [0.25, 0.3) is 0 Å². The van der Waals surface area contributed by atoms with Gasteiger partial charge in [0.2, 0.25) is 5.95 Å². The van der Waals surface area contributed by atoms with E-state index in [1.807, 2.05) is 0 Å². The molecule has 2 aromatic rings. The van der Waals surface area contributed by atoms with Gasteiger partial charge in [-0.2, -0.15) is 10.1 Å². The van der Waals surface area contributed by atoms with E-state index in [2.05, 4.69) is 39.4 Å². The Morgan fingerprint density at radius 2 is 2.12 bits per heavy atom. The lowest BCUT2D eigenvalue weighted by Crippen LogP contribution is -2.17. The molecule has 1 atom stereocenters. The predicted octanol–water partition coefficient (Wildman–Crippen LogP) is 1.43. The Kier molecular flexibility index (Phi) is 4.87. The Morgan fingerprint density at radius 3 is 2.73 bits per heavy atom. The van der Waals surface area contributed by atoms with Crippen molar-refractivity contribution >= 4 is 21.7 Å². The van der Waals surface area contributed by atoms with Crippen molar-refractivity contribution in [3.8, 4) is 0 Å². The first-order chi connectivity index (χ1) is 12.2. The van der Waals surface area contributed by atoms with Gasteiger partial charge in [-0.05, 0) is 26.2 Å². The van der Waals surface area contributed by atoms with E-state index in [1.54, 1.807) is 18.5 Å². The molecule has 0 saturated carbocycles. The smallest absolute Gasteiger partial charge is 0.261 e. The lowest BCUT2D eigenvalue weighted by atomic mass is 10.1. The van der Waals surface area contributed by atoms with Crippen molar-refractivity contribution in [2.24, 2.45) is 5.92 Å². The molecule has 0 unspecified atom stereocenters. The van der Waals surface area contributed by atoms with Crippen LogP contribution in [0.5, 0.6) is 0 Å². The van der Waals surface area contributed by atoms with Crippen LogP contribution in [0.4, 0.5) is 5.95 Å². The molecule has 10 heteroatoms. The fourth-order valence-electron chi connectivity index (χ4n) is 3.31. The highest BCUT2D eigenvalue weighted by molar-refractivity contribution is 7.91. The zero-order valence-corrected chi connectivity index (χ0v) is 16.2. The second kappa shape index (κ2) is 6.82. The summed E-state index contributed by atoms with van der Waals surface area (Å²) < 4.78 is 25.1. The summed E-state index contributed by atoms with van der Waals surface area (Å²) in [5.74, 6) is 1.25. The van der Waals surface area contributed by atoms with E-state index >= 15 is 0 Å². The average Bonchev–Trinajstić information content (AvgIpc) is 3.17. The number of aromatic nitrogens is 5. The van der Waals surface area contributed by atoms with Crippen LogP contribution >= 0.6 is 0 Å². The van der Waals surface area contributed by atoms with E-state index in [1.165, 1.54) is 0 Å². The molecule has 1 fully saturated rings. The molecule has 2 N–H and O–H groups in total. The van der Waals surface area contributed by atoms with Crippen molar-refractivity contribution in [3.05, 3.63) is 22.8 Å². The number of hydrogen-bond donors (Lipinski definition) is 2. The fourth-order valence-corrected chi connectivity index (χ4v) is 5.00. The number of aromatic amines is 1. The first-order valence-corrected chi connectivity index (χ1v) is 10.5. The minimum absolute atomic E-state index is 0.0650. The van der Waals surface area contributed by atoms with Gasteiger partial charge in [-0.1, -0.05) is 13.8 Å². The van der Waals surface area contributed by atoms with E-state index in [0.29, 0.717) is 29.3 Å². The maximum Gasteiger partial charge on any atom is 0.261 e. The number of amides is 1. The van der Waals surface area contributed by atoms with Crippen LogP contribution in [0.1, 0.15) is 53.9 Å². The zero-order valence-electron chi connectivity index (χ0n) is 15.4. The van der Waals surface area contributed by atoms with Gasteiger partial charge >= 0.3 is 0 Å². The summed E-state index contributed by atoms with van der Waals surface area (Å²) in [4.78, 5) is 16.9.